The van der Waals surface area contributed by atoms with Crippen molar-refractivity contribution in [1.82, 2.24) is 0 Å². The maximum absolute atomic E-state index is 11.3. The van der Waals surface area contributed by atoms with Gasteiger partial charge in [-0.25, -0.2) is 0 Å². The number of ether oxygens (including phenoxy) is 1. The smallest absolute Gasteiger partial charge is 0.303 e. The minimum atomic E-state index is -1.75. The van der Waals surface area contributed by atoms with E-state index in [1.165, 1.54) is 6.92 Å². The van der Waals surface area contributed by atoms with Gasteiger partial charge < -0.3 is 9.16 Å². The summed E-state index contributed by atoms with van der Waals surface area (Å²) in [5, 5.41) is 0.190. The lowest BCUT2D eigenvalue weighted by Crippen LogP contribution is -2.40. The molecule has 4 heteroatoms. The van der Waals surface area contributed by atoms with E-state index in [-0.39, 0.29) is 17.1 Å². The summed E-state index contributed by atoms with van der Waals surface area (Å²) in [6.45, 7) is 13.1. The highest BCUT2D eigenvalue weighted by atomic mass is 28.4. The number of carbonyl (C=O) groups is 1. The van der Waals surface area contributed by atoms with Crippen molar-refractivity contribution in [3.05, 3.63) is 48.0 Å². The molecule has 0 N–H and O–H groups in total. The van der Waals surface area contributed by atoms with Crippen LogP contribution in [0, 0.1) is 0 Å². The Morgan fingerprint density at radius 1 is 1.23 bits per heavy atom. The number of benzene rings is 1. The Bertz CT molecular complexity index is 501. The minimum absolute atomic E-state index is 0.190. The molecule has 0 bridgehead atoms. The molecule has 22 heavy (non-hydrogen) atoms. The van der Waals surface area contributed by atoms with Gasteiger partial charge in [-0.3, -0.25) is 4.79 Å². The van der Waals surface area contributed by atoms with Crippen molar-refractivity contribution < 1.29 is 14.0 Å². The first kappa shape index (κ1) is 18.7. The molecule has 0 unspecified atom stereocenters. The molecular formula is C18H28O3Si. The third kappa shape index (κ3) is 5.77. The van der Waals surface area contributed by atoms with Crippen LogP contribution in [0.5, 0.6) is 0 Å². The number of hydrogen-bond donors (Lipinski definition) is 0. The highest BCUT2D eigenvalue weighted by Gasteiger charge is 2.36. The Morgan fingerprint density at radius 3 is 2.32 bits per heavy atom. The number of carbonyl (C=O) groups excluding carboxylic acids is 1. The number of hydrogen-bond acceptors (Lipinski definition) is 3. The molecule has 0 amide bonds. The first-order chi connectivity index (χ1) is 10.1. The molecule has 1 rings (SSSR count). The fourth-order valence-corrected chi connectivity index (χ4v) is 2.64. The van der Waals surface area contributed by atoms with Crippen molar-refractivity contribution in [3.8, 4) is 0 Å². The minimum Gasteiger partial charge on any atom is -0.453 e. The topological polar surface area (TPSA) is 35.5 Å². The standard InChI is InChI=1S/C18H28O3Si/c1-15(19)21-17(16-11-8-7-9-12-16)13-10-14-20-22(5,6)18(2,3)4/h7-13,17H,14H2,1-6H3/b13-10+/t17-/m0/s1. The Kier molecular flexibility index (Phi) is 6.57. The van der Waals surface area contributed by atoms with Crippen molar-refractivity contribution in [1.29, 1.82) is 0 Å². The van der Waals surface area contributed by atoms with E-state index in [1.54, 1.807) is 0 Å². The van der Waals surface area contributed by atoms with Crippen LogP contribution in [-0.4, -0.2) is 20.9 Å². The van der Waals surface area contributed by atoms with Crippen molar-refractivity contribution in [2.75, 3.05) is 6.61 Å². The fraction of sp³-hybridized carbons (Fsp3) is 0.500. The van der Waals surface area contributed by atoms with Gasteiger partial charge in [0.15, 0.2) is 8.32 Å². The van der Waals surface area contributed by atoms with Crippen molar-refractivity contribution in [2.45, 2.75) is 51.9 Å². The van der Waals surface area contributed by atoms with Gasteiger partial charge in [0.25, 0.3) is 0 Å². The molecule has 0 spiro atoms. The van der Waals surface area contributed by atoms with E-state index in [9.17, 15) is 4.79 Å². The summed E-state index contributed by atoms with van der Waals surface area (Å²) < 4.78 is 11.5. The zero-order valence-corrected chi connectivity index (χ0v) is 15.6. The molecule has 122 valence electrons. The maximum Gasteiger partial charge on any atom is 0.303 e. The maximum atomic E-state index is 11.3. The normalized spacial score (nSPS) is 14.1. The molecule has 0 fully saturated rings. The third-order valence-electron chi connectivity index (χ3n) is 4.08. The second-order valence-corrected chi connectivity index (χ2v) is 11.7. The molecule has 0 saturated carbocycles. The van der Waals surface area contributed by atoms with Crippen molar-refractivity contribution in [2.24, 2.45) is 0 Å². The average Bonchev–Trinajstić information content (AvgIpc) is 2.41. The first-order valence-corrected chi connectivity index (χ1v) is 10.6. The summed E-state index contributed by atoms with van der Waals surface area (Å²) in [7, 11) is -1.75. The lowest BCUT2D eigenvalue weighted by Gasteiger charge is -2.35. The molecule has 1 atom stereocenters. The van der Waals surface area contributed by atoms with Gasteiger partial charge in [0, 0.05) is 6.92 Å². The van der Waals surface area contributed by atoms with Crippen LogP contribution in [0.25, 0.3) is 0 Å². The van der Waals surface area contributed by atoms with Crippen LogP contribution < -0.4 is 0 Å². The first-order valence-electron chi connectivity index (χ1n) is 7.66. The monoisotopic (exact) mass is 320 g/mol. The molecular weight excluding hydrogens is 292 g/mol. The van der Waals surface area contributed by atoms with E-state index >= 15 is 0 Å². The summed E-state index contributed by atoms with van der Waals surface area (Å²) >= 11 is 0. The summed E-state index contributed by atoms with van der Waals surface area (Å²) in [6, 6.07) is 9.72. The van der Waals surface area contributed by atoms with Crippen LogP contribution in [0.4, 0.5) is 0 Å². The van der Waals surface area contributed by atoms with Gasteiger partial charge in [0.05, 0.1) is 6.61 Å². The predicted octanol–water partition coefficient (Wildman–Crippen LogP) is 4.87. The Hall–Kier alpha value is -1.39. The molecule has 0 saturated heterocycles. The molecule has 0 aliphatic heterocycles. The SMILES string of the molecule is CC(=O)O[C@@H](/C=C/CO[Si](C)(C)C(C)(C)C)c1ccccc1. The van der Waals surface area contributed by atoms with E-state index < -0.39 is 8.32 Å². The molecule has 0 aromatic heterocycles. The van der Waals surface area contributed by atoms with Gasteiger partial charge in [0.2, 0.25) is 0 Å². The zero-order chi connectivity index (χ0) is 16.8. The van der Waals surface area contributed by atoms with Crippen LogP contribution in [0.15, 0.2) is 42.5 Å². The average molecular weight is 321 g/mol. The Labute approximate surface area is 135 Å². The summed E-state index contributed by atoms with van der Waals surface area (Å²) in [4.78, 5) is 11.3. The zero-order valence-electron chi connectivity index (χ0n) is 14.6. The quantitative estimate of drug-likeness (QED) is 0.426. The Balaban J connectivity index is 2.69. The lowest BCUT2D eigenvalue weighted by molar-refractivity contribution is -0.144. The molecule has 0 aliphatic rings. The molecule has 0 radical (unpaired) electrons. The van der Waals surface area contributed by atoms with E-state index in [1.807, 2.05) is 42.5 Å². The van der Waals surface area contributed by atoms with Crippen LogP contribution in [0.3, 0.4) is 0 Å². The van der Waals surface area contributed by atoms with Crippen LogP contribution in [-0.2, 0) is 14.0 Å². The fourth-order valence-electron chi connectivity index (χ4n) is 1.69. The molecule has 1 aromatic rings. The number of esters is 1. The van der Waals surface area contributed by atoms with E-state index in [2.05, 4.69) is 33.9 Å². The summed E-state index contributed by atoms with van der Waals surface area (Å²) in [5.74, 6) is -0.288. The Morgan fingerprint density at radius 2 is 1.82 bits per heavy atom. The van der Waals surface area contributed by atoms with Gasteiger partial charge in [-0.05, 0) is 29.8 Å². The van der Waals surface area contributed by atoms with Gasteiger partial charge in [0.1, 0.15) is 6.10 Å². The van der Waals surface area contributed by atoms with Gasteiger partial charge in [-0.2, -0.15) is 0 Å². The van der Waals surface area contributed by atoms with E-state index in [0.29, 0.717) is 6.61 Å². The van der Waals surface area contributed by atoms with Crippen molar-refractivity contribution in [3.63, 3.8) is 0 Å². The van der Waals surface area contributed by atoms with Gasteiger partial charge >= 0.3 is 5.97 Å². The van der Waals surface area contributed by atoms with Gasteiger partial charge in [-0.1, -0.05) is 57.2 Å². The van der Waals surface area contributed by atoms with Crippen LogP contribution in [0.2, 0.25) is 18.1 Å². The molecule has 3 nitrogen and oxygen atoms in total. The lowest BCUT2D eigenvalue weighted by atomic mass is 10.1. The molecule has 0 aliphatic carbocycles. The predicted molar refractivity (Wildman–Crippen MR) is 93.2 cm³/mol. The second-order valence-electron chi connectivity index (χ2n) is 6.94. The second kappa shape index (κ2) is 7.74. The van der Waals surface area contributed by atoms with Crippen LogP contribution in [0.1, 0.15) is 39.4 Å². The third-order valence-corrected chi connectivity index (χ3v) is 8.58. The molecule has 0 heterocycles. The summed E-state index contributed by atoms with van der Waals surface area (Å²) in [6.07, 6.45) is 3.48. The van der Waals surface area contributed by atoms with E-state index in [4.69, 9.17) is 9.16 Å². The number of rotatable bonds is 6. The van der Waals surface area contributed by atoms with E-state index in [0.717, 1.165) is 5.56 Å². The molecule has 1 aromatic carbocycles. The van der Waals surface area contributed by atoms with Gasteiger partial charge in [-0.15, -0.1) is 0 Å². The highest BCUT2D eigenvalue weighted by Crippen LogP contribution is 2.36. The largest absolute Gasteiger partial charge is 0.453 e. The highest BCUT2D eigenvalue weighted by molar-refractivity contribution is 6.74. The van der Waals surface area contributed by atoms with Crippen molar-refractivity contribution >= 4 is 14.3 Å². The van der Waals surface area contributed by atoms with Crippen LogP contribution >= 0.6 is 0 Å². The summed E-state index contributed by atoms with van der Waals surface area (Å²) in [5.41, 5.74) is 0.960.